The van der Waals surface area contributed by atoms with Crippen molar-refractivity contribution >= 4 is 56.7 Å². The fourth-order valence-electron chi connectivity index (χ4n) is 4.76. The maximum absolute atomic E-state index is 7.38. The van der Waals surface area contributed by atoms with E-state index in [1.165, 1.54) is 44.6 Å². The number of rotatable bonds is 3. The van der Waals surface area contributed by atoms with Crippen molar-refractivity contribution in [2.75, 3.05) is 0 Å². The summed E-state index contributed by atoms with van der Waals surface area (Å²) in [5.74, 6) is 0. The van der Waals surface area contributed by atoms with Crippen molar-refractivity contribution in [3.8, 4) is 0 Å². The fourth-order valence-corrected chi connectivity index (χ4v) is 24.9. The summed E-state index contributed by atoms with van der Waals surface area (Å²) in [5.41, 5.74) is 9.96. The molecular weight excluding hydrogens is 438 g/mol. The van der Waals surface area contributed by atoms with Crippen molar-refractivity contribution in [1.82, 2.24) is 0 Å². The Morgan fingerprint density at radius 2 is 0.615 bits per heavy atom. The summed E-state index contributed by atoms with van der Waals surface area (Å²) >= 11 is 29.5. The molecule has 0 spiro atoms. The molecule has 0 unspecified atom stereocenters. The van der Waals surface area contributed by atoms with Crippen molar-refractivity contribution in [2.24, 2.45) is 0 Å². The molecule has 2 aliphatic carbocycles. The number of allylic oxidation sites excluding steroid dienone is 8. The van der Waals surface area contributed by atoms with E-state index in [2.05, 4.69) is 69.2 Å². The second-order valence-corrected chi connectivity index (χ2v) is 29.0. The fraction of sp³-hybridized carbons (Fsp3) is 0.600. The lowest BCUT2D eigenvalue weighted by Gasteiger charge is -2.50. The Hall–Kier alpha value is 0.554. The predicted octanol–water partition coefficient (Wildman–Crippen LogP) is 8.80. The summed E-state index contributed by atoms with van der Waals surface area (Å²) in [5, 5.41) is -0.901. The molecule has 146 valence electrons. The van der Waals surface area contributed by atoms with Crippen molar-refractivity contribution < 1.29 is 0 Å². The first kappa shape index (κ1) is 22.8. The summed E-state index contributed by atoms with van der Waals surface area (Å²) in [6, 6.07) is 0. The molecule has 0 radical (unpaired) electrons. The van der Waals surface area contributed by atoms with Crippen molar-refractivity contribution in [2.45, 2.75) is 79.3 Å². The molecule has 0 saturated heterocycles. The monoisotopic (exact) mass is 466 g/mol. The first-order valence-electron chi connectivity index (χ1n) is 9.01. The molecule has 0 N–H and O–H groups in total. The van der Waals surface area contributed by atoms with Crippen molar-refractivity contribution in [3.63, 3.8) is 0 Å². The maximum atomic E-state index is 7.38. The minimum Gasteiger partial charge on any atom is -0.145 e. The topological polar surface area (TPSA) is 0 Å². The third-order valence-corrected chi connectivity index (χ3v) is 36.4. The van der Waals surface area contributed by atoms with Gasteiger partial charge in [0.05, 0.1) is 0 Å². The first-order valence-corrected chi connectivity index (χ1v) is 18.1. The molecule has 0 atom stereocenters. The van der Waals surface area contributed by atoms with Crippen LogP contribution in [0.25, 0.3) is 0 Å². The van der Waals surface area contributed by atoms with Gasteiger partial charge in [-0.15, -0.1) is 44.3 Å². The van der Waals surface area contributed by atoms with Gasteiger partial charge in [-0.3, -0.25) is 0 Å². The third kappa shape index (κ3) is 2.39. The molecule has 0 aromatic heterocycles. The minimum atomic E-state index is -3.18. The molecule has 0 heterocycles. The zero-order valence-electron chi connectivity index (χ0n) is 17.5. The van der Waals surface area contributed by atoms with Gasteiger partial charge in [0.2, 0.25) is 0 Å². The van der Waals surface area contributed by atoms with E-state index in [0.717, 1.165) is 0 Å². The molecule has 2 rings (SSSR count). The lowest BCUT2D eigenvalue weighted by molar-refractivity contribution is 0.805. The molecule has 26 heavy (non-hydrogen) atoms. The molecule has 0 aromatic rings. The van der Waals surface area contributed by atoms with Crippen LogP contribution in [-0.2, 0) is 0 Å². The van der Waals surface area contributed by atoms with E-state index in [1.54, 1.807) is 0 Å². The van der Waals surface area contributed by atoms with Crippen molar-refractivity contribution in [1.29, 1.82) is 0 Å². The van der Waals surface area contributed by atoms with Crippen LogP contribution in [0.4, 0.5) is 0 Å². The molecule has 0 fully saturated rings. The van der Waals surface area contributed by atoms with Crippen LogP contribution in [0.1, 0.15) is 69.2 Å². The minimum absolute atomic E-state index is 0.450. The average Bonchev–Trinajstić information content (AvgIpc) is 2.83. The van der Waals surface area contributed by atoms with Gasteiger partial charge in [-0.1, -0.05) is 36.1 Å². The summed E-state index contributed by atoms with van der Waals surface area (Å²) in [4.78, 5) is 0. The van der Waals surface area contributed by atoms with Gasteiger partial charge in [0, 0.05) is 10.1 Å². The van der Waals surface area contributed by atoms with E-state index >= 15 is 0 Å². The van der Waals surface area contributed by atoms with Gasteiger partial charge in [-0.25, -0.2) is 0 Å². The standard InChI is InChI=1S/C20H30Cl4Si2/c1-11-12(2)16(6)19(9,15(11)5)25(21,22)26(23,24)20(10)17(7)13(3)14(4)18(20)8/h1-10H3. The lowest BCUT2D eigenvalue weighted by Crippen LogP contribution is -2.62. The second kappa shape index (κ2) is 6.53. The zero-order valence-corrected chi connectivity index (χ0v) is 22.5. The van der Waals surface area contributed by atoms with E-state index in [1.807, 2.05) is 0 Å². The summed E-state index contributed by atoms with van der Waals surface area (Å²) in [7, 11) is 0. The molecule has 0 aromatic carbocycles. The van der Waals surface area contributed by atoms with E-state index in [-0.39, 0.29) is 0 Å². The van der Waals surface area contributed by atoms with Crippen LogP contribution in [0, 0.1) is 0 Å². The van der Waals surface area contributed by atoms with Gasteiger partial charge in [0.25, 0.3) is 12.4 Å². The van der Waals surface area contributed by atoms with Crippen LogP contribution in [0.3, 0.4) is 0 Å². The Labute approximate surface area is 179 Å². The molecule has 6 heteroatoms. The molecule has 0 nitrogen and oxygen atoms in total. The van der Waals surface area contributed by atoms with Crippen LogP contribution in [-0.4, -0.2) is 12.4 Å². The Bertz CT molecular complexity index is 694. The van der Waals surface area contributed by atoms with E-state index in [9.17, 15) is 0 Å². The Morgan fingerprint density at radius 1 is 0.462 bits per heavy atom. The molecule has 0 bridgehead atoms. The van der Waals surface area contributed by atoms with Gasteiger partial charge in [-0.05, 0) is 77.7 Å². The van der Waals surface area contributed by atoms with E-state index in [0.29, 0.717) is 0 Å². The van der Waals surface area contributed by atoms with Crippen LogP contribution >= 0.6 is 44.3 Å². The second-order valence-electron chi connectivity index (χ2n) is 8.40. The van der Waals surface area contributed by atoms with Gasteiger partial charge in [0.1, 0.15) is 0 Å². The van der Waals surface area contributed by atoms with Gasteiger partial charge in [0.15, 0.2) is 0 Å². The van der Waals surface area contributed by atoms with Crippen LogP contribution < -0.4 is 0 Å². The van der Waals surface area contributed by atoms with E-state index < -0.39 is 22.5 Å². The Morgan fingerprint density at radius 3 is 0.769 bits per heavy atom. The number of halogens is 4. The first-order chi connectivity index (χ1) is 11.5. The third-order valence-electron chi connectivity index (χ3n) is 8.03. The Kier molecular flexibility index (Phi) is 5.74. The quantitative estimate of drug-likeness (QED) is 0.287. The molecule has 0 saturated carbocycles. The summed E-state index contributed by atoms with van der Waals surface area (Å²) in [6.45, 7) is 21.4. The highest BCUT2D eigenvalue weighted by Crippen LogP contribution is 2.71. The average molecular weight is 468 g/mol. The largest absolute Gasteiger partial charge is 0.288 e. The van der Waals surface area contributed by atoms with Gasteiger partial charge in [-0.2, -0.15) is 0 Å². The maximum Gasteiger partial charge on any atom is 0.288 e. The van der Waals surface area contributed by atoms with Crippen LogP contribution in [0.5, 0.6) is 0 Å². The summed E-state index contributed by atoms with van der Waals surface area (Å²) in [6.07, 6.45) is -6.36. The number of hydrogen-bond acceptors (Lipinski definition) is 0. The normalized spacial score (nSPS) is 23.8. The highest BCUT2D eigenvalue weighted by molar-refractivity contribution is 7.94. The van der Waals surface area contributed by atoms with Crippen LogP contribution in [0.2, 0.25) is 10.1 Å². The molecule has 0 amide bonds. The number of hydrogen-bond donors (Lipinski definition) is 0. The summed E-state index contributed by atoms with van der Waals surface area (Å²) < 4.78 is 0. The smallest absolute Gasteiger partial charge is 0.145 e. The lowest BCUT2D eigenvalue weighted by atomic mass is 9.98. The van der Waals surface area contributed by atoms with Crippen LogP contribution in [0.15, 0.2) is 44.6 Å². The molecule has 2 aliphatic rings. The highest BCUT2D eigenvalue weighted by Gasteiger charge is 2.73. The highest BCUT2D eigenvalue weighted by atomic mass is 35.8. The van der Waals surface area contributed by atoms with Crippen molar-refractivity contribution in [3.05, 3.63) is 44.6 Å². The molecular formula is C20H30Cl4Si2. The molecule has 0 aliphatic heterocycles. The van der Waals surface area contributed by atoms with Gasteiger partial charge < -0.3 is 0 Å². The SMILES string of the molecule is CC1=C(C)C(C)([Si](Cl)(Cl)[Si](Cl)(Cl)C2(C)C(C)=C(C)C(C)=C2C)C(C)=C1C. The predicted molar refractivity (Wildman–Crippen MR) is 125 cm³/mol. The van der Waals surface area contributed by atoms with E-state index in [4.69, 9.17) is 44.3 Å². The zero-order chi connectivity index (χ0) is 20.6. The van der Waals surface area contributed by atoms with Gasteiger partial charge >= 0.3 is 0 Å². The Balaban J connectivity index is 2.78.